The van der Waals surface area contributed by atoms with Gasteiger partial charge in [0.1, 0.15) is 0 Å². The Morgan fingerprint density at radius 1 is 1.43 bits per heavy atom. The fourth-order valence-corrected chi connectivity index (χ4v) is 2.53. The van der Waals surface area contributed by atoms with E-state index >= 15 is 0 Å². The zero-order valence-electron chi connectivity index (χ0n) is 9.51. The number of ether oxygens (including phenoxy) is 1. The van der Waals surface area contributed by atoms with Crippen LogP contribution >= 0.6 is 0 Å². The average Bonchev–Trinajstić information content (AvgIpc) is 2.88. The second-order valence-electron chi connectivity index (χ2n) is 5.46. The lowest BCUT2D eigenvalue weighted by atomic mass is 9.82. The van der Waals surface area contributed by atoms with Gasteiger partial charge in [-0.1, -0.05) is 13.8 Å². The maximum atomic E-state index is 5.58. The quantitative estimate of drug-likeness (QED) is 0.728. The summed E-state index contributed by atoms with van der Waals surface area (Å²) in [5.41, 5.74) is 0.509. The molecule has 2 nitrogen and oxygen atoms in total. The molecule has 1 unspecified atom stereocenters. The lowest BCUT2D eigenvalue weighted by Gasteiger charge is -2.28. The van der Waals surface area contributed by atoms with Crippen LogP contribution in [-0.4, -0.2) is 26.3 Å². The number of nitrogens with one attached hydrogen (secondary N) is 1. The summed E-state index contributed by atoms with van der Waals surface area (Å²) in [6.07, 6.45) is 4.15. The predicted octanol–water partition coefficient (Wildman–Crippen LogP) is 2.05. The molecule has 0 amide bonds. The SMILES string of the molecule is CC(C)CNCC1(C2CC2)CCOC1. The second-order valence-corrected chi connectivity index (χ2v) is 5.46. The minimum atomic E-state index is 0.509. The monoisotopic (exact) mass is 197 g/mol. The minimum Gasteiger partial charge on any atom is -0.381 e. The molecule has 0 radical (unpaired) electrons. The normalized spacial score (nSPS) is 32.8. The van der Waals surface area contributed by atoms with Crippen LogP contribution < -0.4 is 5.32 Å². The van der Waals surface area contributed by atoms with Gasteiger partial charge in [-0.3, -0.25) is 0 Å². The highest BCUT2D eigenvalue weighted by Crippen LogP contribution is 2.49. The van der Waals surface area contributed by atoms with Gasteiger partial charge in [0.2, 0.25) is 0 Å². The van der Waals surface area contributed by atoms with Gasteiger partial charge in [0.15, 0.2) is 0 Å². The van der Waals surface area contributed by atoms with Crippen LogP contribution in [0.3, 0.4) is 0 Å². The van der Waals surface area contributed by atoms with Crippen molar-refractivity contribution >= 4 is 0 Å². The fourth-order valence-electron chi connectivity index (χ4n) is 2.53. The van der Waals surface area contributed by atoms with E-state index in [0.29, 0.717) is 5.41 Å². The average molecular weight is 197 g/mol. The third-order valence-corrected chi connectivity index (χ3v) is 3.61. The molecule has 1 aliphatic heterocycles. The first-order chi connectivity index (χ1) is 6.73. The molecular formula is C12H23NO. The van der Waals surface area contributed by atoms with E-state index in [1.54, 1.807) is 0 Å². The molecule has 1 aliphatic carbocycles. The van der Waals surface area contributed by atoms with E-state index in [1.165, 1.54) is 25.8 Å². The third kappa shape index (κ3) is 2.29. The molecule has 2 aliphatic rings. The van der Waals surface area contributed by atoms with Crippen molar-refractivity contribution in [1.82, 2.24) is 5.32 Å². The van der Waals surface area contributed by atoms with Crippen molar-refractivity contribution in [3.63, 3.8) is 0 Å². The first-order valence-corrected chi connectivity index (χ1v) is 6.01. The lowest BCUT2D eigenvalue weighted by molar-refractivity contribution is 0.135. The molecule has 1 N–H and O–H groups in total. The van der Waals surface area contributed by atoms with Crippen LogP contribution in [0.2, 0.25) is 0 Å². The van der Waals surface area contributed by atoms with Crippen molar-refractivity contribution in [2.75, 3.05) is 26.3 Å². The molecule has 0 spiro atoms. The standard InChI is InChI=1S/C12H23NO/c1-10(2)7-13-8-12(11-3-4-11)5-6-14-9-12/h10-11,13H,3-9H2,1-2H3. The minimum absolute atomic E-state index is 0.509. The molecule has 0 aromatic heterocycles. The second kappa shape index (κ2) is 4.19. The van der Waals surface area contributed by atoms with E-state index in [0.717, 1.165) is 31.6 Å². The predicted molar refractivity (Wildman–Crippen MR) is 58.3 cm³/mol. The highest BCUT2D eigenvalue weighted by Gasteiger charge is 2.47. The van der Waals surface area contributed by atoms with Crippen molar-refractivity contribution in [2.24, 2.45) is 17.3 Å². The molecule has 0 aromatic carbocycles. The van der Waals surface area contributed by atoms with Crippen LogP contribution in [0.5, 0.6) is 0 Å². The Kier molecular flexibility index (Phi) is 3.13. The summed E-state index contributed by atoms with van der Waals surface area (Å²) < 4.78 is 5.58. The van der Waals surface area contributed by atoms with Crippen molar-refractivity contribution in [1.29, 1.82) is 0 Å². The summed E-state index contributed by atoms with van der Waals surface area (Å²) >= 11 is 0. The molecule has 1 saturated heterocycles. The lowest BCUT2D eigenvalue weighted by Crippen LogP contribution is -2.38. The zero-order valence-corrected chi connectivity index (χ0v) is 9.51. The van der Waals surface area contributed by atoms with E-state index in [9.17, 15) is 0 Å². The van der Waals surface area contributed by atoms with Gasteiger partial charge in [0.05, 0.1) is 6.61 Å². The summed E-state index contributed by atoms with van der Waals surface area (Å²) in [4.78, 5) is 0. The van der Waals surface area contributed by atoms with E-state index < -0.39 is 0 Å². The highest BCUT2D eigenvalue weighted by molar-refractivity contribution is 4.97. The van der Waals surface area contributed by atoms with E-state index in [1.807, 2.05) is 0 Å². The van der Waals surface area contributed by atoms with Crippen molar-refractivity contribution in [3.05, 3.63) is 0 Å². The van der Waals surface area contributed by atoms with Crippen molar-refractivity contribution in [2.45, 2.75) is 33.1 Å². The Morgan fingerprint density at radius 3 is 2.71 bits per heavy atom. The highest BCUT2D eigenvalue weighted by atomic mass is 16.5. The Hall–Kier alpha value is -0.0800. The van der Waals surface area contributed by atoms with Gasteiger partial charge in [-0.25, -0.2) is 0 Å². The molecule has 1 saturated carbocycles. The maximum Gasteiger partial charge on any atom is 0.0538 e. The van der Waals surface area contributed by atoms with Crippen LogP contribution in [-0.2, 0) is 4.74 Å². The Bertz CT molecular complexity index is 181. The molecule has 1 atom stereocenters. The van der Waals surface area contributed by atoms with Gasteiger partial charge in [-0.15, -0.1) is 0 Å². The molecule has 82 valence electrons. The molecular weight excluding hydrogens is 174 g/mol. The molecule has 2 fully saturated rings. The first-order valence-electron chi connectivity index (χ1n) is 6.01. The summed E-state index contributed by atoms with van der Waals surface area (Å²) in [5, 5.41) is 3.61. The van der Waals surface area contributed by atoms with Crippen LogP contribution in [0, 0.1) is 17.3 Å². The largest absolute Gasteiger partial charge is 0.381 e. The Morgan fingerprint density at radius 2 is 2.21 bits per heavy atom. The van der Waals surface area contributed by atoms with Crippen LogP contribution in [0.15, 0.2) is 0 Å². The third-order valence-electron chi connectivity index (χ3n) is 3.61. The van der Waals surface area contributed by atoms with Crippen molar-refractivity contribution < 1.29 is 4.74 Å². The molecule has 2 heteroatoms. The number of hydrogen-bond acceptors (Lipinski definition) is 2. The Labute approximate surface area is 87.4 Å². The topological polar surface area (TPSA) is 21.3 Å². The van der Waals surface area contributed by atoms with Crippen LogP contribution in [0.4, 0.5) is 0 Å². The van der Waals surface area contributed by atoms with Gasteiger partial charge < -0.3 is 10.1 Å². The molecule has 0 aromatic rings. The first kappa shape index (κ1) is 10.4. The van der Waals surface area contributed by atoms with E-state index in [2.05, 4.69) is 19.2 Å². The molecule has 1 heterocycles. The van der Waals surface area contributed by atoms with Gasteiger partial charge in [0.25, 0.3) is 0 Å². The smallest absolute Gasteiger partial charge is 0.0538 e. The van der Waals surface area contributed by atoms with E-state index in [-0.39, 0.29) is 0 Å². The summed E-state index contributed by atoms with van der Waals surface area (Å²) in [5.74, 6) is 1.72. The number of rotatable bonds is 5. The van der Waals surface area contributed by atoms with Gasteiger partial charge in [-0.05, 0) is 37.6 Å². The molecule has 2 rings (SSSR count). The van der Waals surface area contributed by atoms with Gasteiger partial charge in [0, 0.05) is 18.6 Å². The molecule has 0 bridgehead atoms. The summed E-state index contributed by atoms with van der Waals surface area (Å²) in [6, 6.07) is 0. The van der Waals surface area contributed by atoms with Crippen molar-refractivity contribution in [3.8, 4) is 0 Å². The fraction of sp³-hybridized carbons (Fsp3) is 1.00. The van der Waals surface area contributed by atoms with Crippen LogP contribution in [0.25, 0.3) is 0 Å². The summed E-state index contributed by atoms with van der Waals surface area (Å²) in [6.45, 7) is 8.84. The zero-order chi connectivity index (χ0) is 10.0. The maximum absolute atomic E-state index is 5.58. The molecule has 14 heavy (non-hydrogen) atoms. The van der Waals surface area contributed by atoms with E-state index in [4.69, 9.17) is 4.74 Å². The summed E-state index contributed by atoms with van der Waals surface area (Å²) in [7, 11) is 0. The Balaban J connectivity index is 1.79. The van der Waals surface area contributed by atoms with Crippen LogP contribution in [0.1, 0.15) is 33.1 Å². The van der Waals surface area contributed by atoms with Gasteiger partial charge >= 0.3 is 0 Å². The number of hydrogen-bond donors (Lipinski definition) is 1. The van der Waals surface area contributed by atoms with Gasteiger partial charge in [-0.2, -0.15) is 0 Å².